The molecule has 0 unspecified atom stereocenters. The van der Waals surface area contributed by atoms with E-state index in [0.717, 1.165) is 13.1 Å². The summed E-state index contributed by atoms with van der Waals surface area (Å²) < 4.78 is 0. The summed E-state index contributed by atoms with van der Waals surface area (Å²) in [6.45, 7) is 7.98. The molecule has 6 nitrogen and oxygen atoms in total. The number of carbonyl (C=O) groups excluding carboxylic acids is 1. The third-order valence-corrected chi connectivity index (χ3v) is 4.57. The fourth-order valence-electron chi connectivity index (χ4n) is 3.15. The molecule has 1 saturated heterocycles. The highest BCUT2D eigenvalue weighted by Gasteiger charge is 2.29. The average molecular weight is 340 g/mol. The number of piperidine rings is 1. The lowest BCUT2D eigenvalue weighted by Gasteiger charge is -2.38. The zero-order valence-electron chi connectivity index (χ0n) is 13.6. The quantitative estimate of drug-likeness (QED) is 0.672. The number of non-ortho nitro benzene ring substituents is 1. The lowest BCUT2D eigenvalue weighted by atomic mass is 9.91. The molecule has 1 heterocycles. The second-order valence-corrected chi connectivity index (χ2v) is 6.89. The van der Waals surface area contributed by atoms with Gasteiger partial charge in [0.2, 0.25) is 5.91 Å². The zero-order chi connectivity index (χ0) is 17.1. The Balaban J connectivity index is 2.09. The van der Waals surface area contributed by atoms with Crippen molar-refractivity contribution in [2.75, 3.05) is 18.4 Å². The average Bonchev–Trinajstić information content (AvgIpc) is 2.47. The normalized spacial score (nSPS) is 23.3. The van der Waals surface area contributed by atoms with Crippen molar-refractivity contribution in [1.82, 2.24) is 4.90 Å². The first-order valence-electron chi connectivity index (χ1n) is 7.76. The molecule has 2 rings (SSSR count). The first kappa shape index (κ1) is 17.7. The molecule has 1 fully saturated rings. The number of likely N-dealkylation sites (tertiary alicyclic amines) is 1. The second kappa shape index (κ2) is 7.27. The number of hydrogen-bond acceptors (Lipinski definition) is 4. The number of carbonyl (C=O) groups is 1. The van der Waals surface area contributed by atoms with Crippen LogP contribution in [0.5, 0.6) is 0 Å². The standard InChI is InChI=1S/C16H22ClN3O3/c1-10-6-11(2)9-19(8-10)12(3)16(21)18-15-7-13(20(22)23)4-5-14(15)17/h4-5,7,10-12H,6,8-9H2,1-3H3,(H,18,21)/t10-,11-,12+/m1/s1. The third kappa shape index (κ3) is 4.42. The molecule has 1 aromatic rings. The van der Waals surface area contributed by atoms with Gasteiger partial charge in [0, 0.05) is 25.2 Å². The summed E-state index contributed by atoms with van der Waals surface area (Å²) >= 11 is 6.03. The van der Waals surface area contributed by atoms with Crippen molar-refractivity contribution in [1.29, 1.82) is 0 Å². The highest BCUT2D eigenvalue weighted by Crippen LogP contribution is 2.28. The van der Waals surface area contributed by atoms with Gasteiger partial charge in [-0.25, -0.2) is 0 Å². The van der Waals surface area contributed by atoms with Crippen LogP contribution < -0.4 is 5.32 Å². The molecule has 0 spiro atoms. The predicted molar refractivity (Wildman–Crippen MR) is 90.7 cm³/mol. The monoisotopic (exact) mass is 339 g/mol. The van der Waals surface area contributed by atoms with E-state index < -0.39 is 4.92 Å². The van der Waals surface area contributed by atoms with E-state index >= 15 is 0 Å². The lowest BCUT2D eigenvalue weighted by Crippen LogP contribution is -2.48. The van der Waals surface area contributed by atoms with Crippen molar-refractivity contribution in [2.24, 2.45) is 11.8 Å². The van der Waals surface area contributed by atoms with Crippen LogP contribution in [0.2, 0.25) is 5.02 Å². The maximum atomic E-state index is 12.5. The van der Waals surface area contributed by atoms with Crippen molar-refractivity contribution in [3.63, 3.8) is 0 Å². The summed E-state index contributed by atoms with van der Waals surface area (Å²) in [5.41, 5.74) is 0.174. The summed E-state index contributed by atoms with van der Waals surface area (Å²) in [5, 5.41) is 13.8. The van der Waals surface area contributed by atoms with E-state index in [0.29, 0.717) is 11.8 Å². The number of rotatable bonds is 4. The van der Waals surface area contributed by atoms with Crippen molar-refractivity contribution in [2.45, 2.75) is 33.2 Å². The molecule has 0 saturated carbocycles. The highest BCUT2D eigenvalue weighted by atomic mass is 35.5. The van der Waals surface area contributed by atoms with Crippen LogP contribution >= 0.6 is 11.6 Å². The van der Waals surface area contributed by atoms with Crippen molar-refractivity contribution < 1.29 is 9.72 Å². The fourth-order valence-corrected chi connectivity index (χ4v) is 3.32. The number of nitro groups is 1. The first-order chi connectivity index (χ1) is 10.8. The number of halogens is 1. The Kier molecular flexibility index (Phi) is 5.59. The van der Waals surface area contributed by atoms with Crippen LogP contribution in [-0.2, 0) is 4.79 Å². The van der Waals surface area contributed by atoms with Crippen molar-refractivity contribution >= 4 is 28.9 Å². The van der Waals surface area contributed by atoms with Crippen LogP contribution in [0.1, 0.15) is 27.2 Å². The summed E-state index contributed by atoms with van der Waals surface area (Å²) in [5.74, 6) is 0.902. The molecular weight excluding hydrogens is 318 g/mol. The largest absolute Gasteiger partial charge is 0.323 e. The van der Waals surface area contributed by atoms with Gasteiger partial charge in [-0.05, 0) is 31.2 Å². The Hall–Kier alpha value is -1.66. The maximum absolute atomic E-state index is 12.5. The Morgan fingerprint density at radius 2 is 2.00 bits per heavy atom. The predicted octanol–water partition coefficient (Wildman–Crippen LogP) is 3.55. The van der Waals surface area contributed by atoms with Gasteiger partial charge in [0.05, 0.1) is 21.7 Å². The molecule has 1 aromatic carbocycles. The van der Waals surface area contributed by atoms with Crippen LogP contribution in [0, 0.1) is 22.0 Å². The van der Waals surface area contributed by atoms with Gasteiger partial charge < -0.3 is 5.32 Å². The number of anilines is 1. The van der Waals surface area contributed by atoms with Crippen LogP contribution in [0.3, 0.4) is 0 Å². The summed E-state index contributed by atoms with van der Waals surface area (Å²) in [4.78, 5) is 25.0. The molecule has 3 atom stereocenters. The number of benzene rings is 1. The number of nitrogens with zero attached hydrogens (tertiary/aromatic N) is 2. The Bertz CT molecular complexity index is 598. The van der Waals surface area contributed by atoms with Gasteiger partial charge in [-0.1, -0.05) is 25.4 Å². The molecule has 0 aliphatic carbocycles. The molecule has 0 radical (unpaired) electrons. The maximum Gasteiger partial charge on any atom is 0.271 e. The van der Waals surface area contributed by atoms with E-state index in [4.69, 9.17) is 11.6 Å². The van der Waals surface area contributed by atoms with Crippen LogP contribution in [-0.4, -0.2) is 34.9 Å². The van der Waals surface area contributed by atoms with Gasteiger partial charge in [-0.15, -0.1) is 0 Å². The van der Waals surface area contributed by atoms with E-state index in [-0.39, 0.29) is 28.3 Å². The molecule has 1 N–H and O–H groups in total. The summed E-state index contributed by atoms with van der Waals surface area (Å²) in [6, 6.07) is 3.71. The van der Waals surface area contributed by atoms with E-state index in [1.54, 1.807) is 0 Å². The van der Waals surface area contributed by atoms with Gasteiger partial charge in [0.25, 0.3) is 5.69 Å². The molecule has 1 aliphatic rings. The van der Waals surface area contributed by atoms with Gasteiger partial charge in [0.1, 0.15) is 0 Å². The van der Waals surface area contributed by atoms with E-state index in [2.05, 4.69) is 24.1 Å². The topological polar surface area (TPSA) is 75.5 Å². The number of nitro benzene ring substituents is 1. The zero-order valence-corrected chi connectivity index (χ0v) is 14.3. The fraction of sp³-hybridized carbons (Fsp3) is 0.562. The van der Waals surface area contributed by atoms with Crippen molar-refractivity contribution in [3.8, 4) is 0 Å². The Labute approximate surface area is 141 Å². The van der Waals surface area contributed by atoms with E-state index in [9.17, 15) is 14.9 Å². The lowest BCUT2D eigenvalue weighted by molar-refractivity contribution is -0.384. The minimum atomic E-state index is -0.511. The summed E-state index contributed by atoms with van der Waals surface area (Å²) in [7, 11) is 0. The van der Waals surface area contributed by atoms with Crippen LogP contribution in [0.25, 0.3) is 0 Å². The third-order valence-electron chi connectivity index (χ3n) is 4.24. The molecule has 0 bridgehead atoms. The van der Waals surface area contributed by atoms with Gasteiger partial charge in [-0.2, -0.15) is 0 Å². The molecule has 1 aliphatic heterocycles. The molecule has 126 valence electrons. The van der Waals surface area contributed by atoms with E-state index in [1.807, 2.05) is 6.92 Å². The molecule has 23 heavy (non-hydrogen) atoms. The van der Waals surface area contributed by atoms with Gasteiger partial charge >= 0.3 is 0 Å². The minimum absolute atomic E-state index is 0.0995. The van der Waals surface area contributed by atoms with Crippen LogP contribution in [0.15, 0.2) is 18.2 Å². The van der Waals surface area contributed by atoms with Crippen molar-refractivity contribution in [3.05, 3.63) is 33.3 Å². The Morgan fingerprint density at radius 3 is 2.57 bits per heavy atom. The number of hydrogen-bond donors (Lipinski definition) is 1. The molecule has 0 aromatic heterocycles. The second-order valence-electron chi connectivity index (χ2n) is 6.49. The molecule has 1 amide bonds. The highest BCUT2D eigenvalue weighted by molar-refractivity contribution is 6.33. The minimum Gasteiger partial charge on any atom is -0.323 e. The molecular formula is C16H22ClN3O3. The van der Waals surface area contributed by atoms with Crippen LogP contribution in [0.4, 0.5) is 11.4 Å². The Morgan fingerprint density at radius 1 is 1.39 bits per heavy atom. The SMILES string of the molecule is C[C@@H]1C[C@@H](C)CN([C@@H](C)C(=O)Nc2cc([N+](=O)[O-])ccc2Cl)C1. The van der Waals surface area contributed by atoms with Gasteiger partial charge in [-0.3, -0.25) is 19.8 Å². The summed E-state index contributed by atoms with van der Waals surface area (Å²) in [6.07, 6.45) is 1.17. The number of nitrogens with one attached hydrogen (secondary N) is 1. The first-order valence-corrected chi connectivity index (χ1v) is 8.14. The number of amides is 1. The molecule has 7 heteroatoms. The smallest absolute Gasteiger partial charge is 0.271 e. The van der Waals surface area contributed by atoms with E-state index in [1.165, 1.54) is 24.6 Å². The van der Waals surface area contributed by atoms with Gasteiger partial charge in [0.15, 0.2) is 0 Å².